The lowest BCUT2D eigenvalue weighted by Crippen LogP contribution is -2.11. The first-order chi connectivity index (χ1) is 34.2. The van der Waals surface area contributed by atoms with Crippen molar-refractivity contribution < 1.29 is 4.42 Å². The summed E-state index contributed by atoms with van der Waals surface area (Å²) in [7, 11) is 0. The van der Waals surface area contributed by atoms with Gasteiger partial charge in [-0.15, -0.1) is 0 Å². The van der Waals surface area contributed by atoms with Crippen molar-refractivity contribution in [2.24, 2.45) is 0 Å². The molecule has 0 aliphatic heterocycles. The van der Waals surface area contributed by atoms with E-state index in [9.17, 15) is 0 Å². The van der Waals surface area contributed by atoms with Gasteiger partial charge >= 0.3 is 0 Å². The summed E-state index contributed by atoms with van der Waals surface area (Å²) in [6.45, 7) is 0. The van der Waals surface area contributed by atoms with E-state index >= 15 is 0 Å². The van der Waals surface area contributed by atoms with Crippen LogP contribution >= 0.6 is 0 Å². The van der Waals surface area contributed by atoms with Crippen molar-refractivity contribution in [2.75, 3.05) is 4.90 Å². The number of nitrogens with zero attached hydrogens (tertiary/aromatic N) is 2. The fourth-order valence-corrected chi connectivity index (χ4v) is 10.5. The predicted octanol–water partition coefficient (Wildman–Crippen LogP) is 18.5. The number of furan rings is 1. The molecule has 0 unspecified atom stereocenters. The lowest BCUT2D eigenvalue weighted by molar-refractivity contribution is 0.670. The predicted molar refractivity (Wildman–Crippen MR) is 290 cm³/mol. The second kappa shape index (κ2) is 16.9. The van der Waals surface area contributed by atoms with Crippen molar-refractivity contribution in [2.45, 2.75) is 0 Å². The topological polar surface area (TPSA) is 21.3 Å². The molecular weight excluding hydrogens is 837 g/mol. The standard InChI is InChI=1S/C66H44N2O/c1-2-19-45(20-3-1)47-21-16-22-48(43-47)53-26-6-11-34-61(53)67(50-41-39-46(40-42-50)52-25-4-5-28-55(52)59-32-18-33-60-58-31-10-15-38-65(58)69-66(59)60)51-24-17-23-49(44-51)54-27-7-12-35-62(54)68-63-36-13-8-29-56(63)57-30-9-14-37-64(57)68/h1-44H. The van der Waals surface area contributed by atoms with Crippen LogP contribution in [0.2, 0.25) is 0 Å². The van der Waals surface area contributed by atoms with Crippen LogP contribution in [0, 0.1) is 0 Å². The summed E-state index contributed by atoms with van der Waals surface area (Å²) in [5, 5.41) is 4.74. The first-order valence-corrected chi connectivity index (χ1v) is 23.6. The van der Waals surface area contributed by atoms with Crippen LogP contribution in [0.15, 0.2) is 271 Å². The maximum atomic E-state index is 6.56. The summed E-state index contributed by atoms with van der Waals surface area (Å²) in [6.07, 6.45) is 0. The van der Waals surface area contributed by atoms with Gasteiger partial charge in [-0.2, -0.15) is 0 Å². The van der Waals surface area contributed by atoms with Gasteiger partial charge in [-0.3, -0.25) is 0 Å². The second-order valence-corrected chi connectivity index (χ2v) is 17.6. The summed E-state index contributed by atoms with van der Waals surface area (Å²) >= 11 is 0. The third-order valence-electron chi connectivity index (χ3n) is 13.6. The van der Waals surface area contributed by atoms with Crippen LogP contribution in [0.4, 0.5) is 17.1 Å². The largest absolute Gasteiger partial charge is 0.455 e. The number of hydrogen-bond acceptors (Lipinski definition) is 2. The normalized spacial score (nSPS) is 11.5. The molecule has 0 fully saturated rings. The maximum Gasteiger partial charge on any atom is 0.143 e. The van der Waals surface area contributed by atoms with Crippen molar-refractivity contribution in [3.05, 3.63) is 267 Å². The minimum atomic E-state index is 0.896. The van der Waals surface area contributed by atoms with Crippen LogP contribution < -0.4 is 4.90 Å². The van der Waals surface area contributed by atoms with Gasteiger partial charge in [0.2, 0.25) is 0 Å². The van der Waals surface area contributed by atoms with Crippen molar-refractivity contribution >= 4 is 60.8 Å². The molecule has 0 aliphatic carbocycles. The molecule has 0 saturated heterocycles. The molecule has 0 bridgehead atoms. The lowest BCUT2D eigenvalue weighted by Gasteiger charge is -2.29. The summed E-state index contributed by atoms with van der Waals surface area (Å²) < 4.78 is 8.98. The van der Waals surface area contributed by atoms with Crippen LogP contribution in [0.3, 0.4) is 0 Å². The summed E-state index contributed by atoms with van der Waals surface area (Å²) in [5.41, 5.74) is 19.9. The third-order valence-corrected chi connectivity index (χ3v) is 13.6. The second-order valence-electron chi connectivity index (χ2n) is 17.6. The van der Waals surface area contributed by atoms with E-state index in [2.05, 4.69) is 264 Å². The van der Waals surface area contributed by atoms with Gasteiger partial charge in [-0.05, 0) is 99.6 Å². The highest BCUT2D eigenvalue weighted by molar-refractivity contribution is 6.11. The lowest BCUT2D eigenvalue weighted by atomic mass is 9.93. The average Bonchev–Trinajstić information content (AvgIpc) is 3.98. The van der Waals surface area contributed by atoms with Crippen LogP contribution in [-0.4, -0.2) is 4.57 Å². The number of hydrogen-bond donors (Lipinski definition) is 0. The number of benzene rings is 11. The molecule has 0 spiro atoms. The first kappa shape index (κ1) is 40.1. The highest BCUT2D eigenvalue weighted by Crippen LogP contribution is 2.45. The van der Waals surface area contributed by atoms with Crippen LogP contribution in [0.25, 0.3) is 105 Å². The van der Waals surface area contributed by atoms with Gasteiger partial charge in [0.1, 0.15) is 11.2 Å². The SMILES string of the molecule is c1ccc(-c2cccc(-c3ccccc3N(c3ccc(-c4ccccc4-c4cccc5c4oc4ccccc45)cc3)c3cccc(-c4ccccc4-n4c5ccccc5c5ccccc54)c3)c2)cc1. The Labute approximate surface area is 401 Å². The maximum absolute atomic E-state index is 6.56. The Kier molecular flexibility index (Phi) is 9.84. The van der Waals surface area contributed by atoms with E-state index in [0.717, 1.165) is 89.2 Å². The van der Waals surface area contributed by atoms with Crippen molar-refractivity contribution in [3.8, 4) is 61.3 Å². The zero-order valence-electron chi connectivity index (χ0n) is 37.7. The number of para-hydroxylation sites is 6. The Balaban J connectivity index is 0.967. The van der Waals surface area contributed by atoms with Gasteiger partial charge in [0, 0.05) is 49.6 Å². The fourth-order valence-electron chi connectivity index (χ4n) is 10.5. The molecule has 13 aromatic rings. The van der Waals surface area contributed by atoms with E-state index in [-0.39, 0.29) is 0 Å². The fraction of sp³-hybridized carbons (Fsp3) is 0. The van der Waals surface area contributed by atoms with E-state index in [4.69, 9.17) is 4.42 Å². The molecule has 0 saturated carbocycles. The molecule has 0 amide bonds. The Morgan fingerprint density at radius 1 is 0.290 bits per heavy atom. The highest BCUT2D eigenvalue weighted by atomic mass is 16.3. The molecule has 11 aromatic carbocycles. The molecule has 0 radical (unpaired) electrons. The molecule has 0 N–H and O–H groups in total. The Bertz CT molecular complexity index is 3970. The number of aromatic nitrogens is 1. The molecule has 0 atom stereocenters. The molecule has 3 nitrogen and oxygen atoms in total. The quantitative estimate of drug-likeness (QED) is 0.144. The average molecular weight is 881 g/mol. The van der Waals surface area contributed by atoms with E-state index in [0.29, 0.717) is 0 Å². The van der Waals surface area contributed by atoms with E-state index in [1.807, 2.05) is 12.1 Å². The van der Waals surface area contributed by atoms with Crippen molar-refractivity contribution in [1.29, 1.82) is 0 Å². The van der Waals surface area contributed by atoms with Crippen molar-refractivity contribution in [3.63, 3.8) is 0 Å². The van der Waals surface area contributed by atoms with Gasteiger partial charge in [0.25, 0.3) is 0 Å². The van der Waals surface area contributed by atoms with Crippen molar-refractivity contribution in [1.82, 2.24) is 4.57 Å². The number of anilines is 3. The highest BCUT2D eigenvalue weighted by Gasteiger charge is 2.21. The Hall–Kier alpha value is -9.18. The van der Waals surface area contributed by atoms with Gasteiger partial charge in [-0.1, -0.05) is 206 Å². The molecule has 13 rings (SSSR count). The smallest absolute Gasteiger partial charge is 0.143 e. The molecule has 69 heavy (non-hydrogen) atoms. The van der Waals surface area contributed by atoms with Crippen LogP contribution in [0.5, 0.6) is 0 Å². The molecular formula is C66H44N2O. The minimum absolute atomic E-state index is 0.896. The molecule has 2 heterocycles. The van der Waals surface area contributed by atoms with Gasteiger partial charge in [0.15, 0.2) is 0 Å². The summed E-state index contributed by atoms with van der Waals surface area (Å²) in [4.78, 5) is 2.42. The molecule has 324 valence electrons. The van der Waals surface area contributed by atoms with E-state index in [1.165, 1.54) is 32.9 Å². The molecule has 2 aromatic heterocycles. The summed E-state index contributed by atoms with van der Waals surface area (Å²) in [5.74, 6) is 0. The van der Waals surface area contributed by atoms with Crippen LogP contribution in [-0.2, 0) is 0 Å². The van der Waals surface area contributed by atoms with E-state index < -0.39 is 0 Å². The number of rotatable bonds is 9. The van der Waals surface area contributed by atoms with Gasteiger partial charge in [-0.25, -0.2) is 0 Å². The Morgan fingerprint density at radius 2 is 0.826 bits per heavy atom. The zero-order valence-corrected chi connectivity index (χ0v) is 37.7. The Morgan fingerprint density at radius 3 is 1.61 bits per heavy atom. The number of fused-ring (bicyclic) bond motifs is 6. The molecule has 3 heteroatoms. The zero-order chi connectivity index (χ0) is 45.7. The minimum Gasteiger partial charge on any atom is -0.455 e. The van der Waals surface area contributed by atoms with E-state index in [1.54, 1.807) is 0 Å². The summed E-state index contributed by atoms with van der Waals surface area (Å²) in [6, 6.07) is 96.1. The van der Waals surface area contributed by atoms with Gasteiger partial charge in [0.05, 0.1) is 22.4 Å². The molecule has 0 aliphatic rings. The first-order valence-electron chi connectivity index (χ1n) is 23.6. The van der Waals surface area contributed by atoms with Crippen LogP contribution in [0.1, 0.15) is 0 Å². The third kappa shape index (κ3) is 6.99. The monoisotopic (exact) mass is 880 g/mol. The van der Waals surface area contributed by atoms with Gasteiger partial charge < -0.3 is 13.9 Å².